The number of hydrogen-bond donors (Lipinski definition) is 3. The fourth-order valence-electron chi connectivity index (χ4n) is 2.88. The molecule has 1 aliphatic heterocycles. The molecule has 0 saturated carbocycles. The highest BCUT2D eigenvalue weighted by molar-refractivity contribution is 5.94. The van der Waals surface area contributed by atoms with E-state index in [2.05, 4.69) is 27.0 Å². The van der Waals surface area contributed by atoms with Crippen molar-refractivity contribution in [1.82, 2.24) is 10.6 Å². The Hall–Kier alpha value is -2.08. The van der Waals surface area contributed by atoms with Gasteiger partial charge < -0.3 is 20.7 Å². The van der Waals surface area contributed by atoms with Gasteiger partial charge >= 0.3 is 0 Å². The molecule has 1 aromatic rings. The Balaban J connectivity index is 1.78. The Morgan fingerprint density at radius 1 is 1.29 bits per heavy atom. The SMILES string of the molecule is CN=C(NCCCCCOC)NCC1CC(=O)Nc2ccccc21. The van der Waals surface area contributed by atoms with Crippen molar-refractivity contribution in [2.75, 3.05) is 39.2 Å². The molecule has 0 fully saturated rings. The van der Waals surface area contributed by atoms with E-state index in [-0.39, 0.29) is 11.8 Å². The molecule has 2 rings (SSSR count). The zero-order valence-corrected chi connectivity index (χ0v) is 14.6. The molecule has 0 aliphatic carbocycles. The Morgan fingerprint density at radius 2 is 2.12 bits per heavy atom. The fourth-order valence-corrected chi connectivity index (χ4v) is 2.88. The summed E-state index contributed by atoms with van der Waals surface area (Å²) >= 11 is 0. The number of rotatable bonds is 8. The first-order chi connectivity index (χ1) is 11.7. The summed E-state index contributed by atoms with van der Waals surface area (Å²) in [4.78, 5) is 16.1. The number of guanidine groups is 1. The summed E-state index contributed by atoms with van der Waals surface area (Å²) < 4.78 is 5.04. The van der Waals surface area contributed by atoms with Gasteiger partial charge in [-0.2, -0.15) is 0 Å². The molecule has 1 amide bonds. The van der Waals surface area contributed by atoms with Gasteiger partial charge in [-0.1, -0.05) is 18.2 Å². The van der Waals surface area contributed by atoms with Crippen LogP contribution in [0.1, 0.15) is 37.2 Å². The predicted octanol–water partition coefficient (Wildman–Crippen LogP) is 2.09. The molecule has 1 unspecified atom stereocenters. The second-order valence-electron chi connectivity index (χ2n) is 5.97. The number of fused-ring (bicyclic) bond motifs is 1. The van der Waals surface area contributed by atoms with Crippen molar-refractivity contribution in [3.63, 3.8) is 0 Å². The summed E-state index contributed by atoms with van der Waals surface area (Å²) in [5.41, 5.74) is 2.10. The van der Waals surface area contributed by atoms with Gasteiger partial charge in [-0.3, -0.25) is 9.79 Å². The summed E-state index contributed by atoms with van der Waals surface area (Å²) in [6.45, 7) is 2.38. The number of nitrogens with one attached hydrogen (secondary N) is 3. The first-order valence-electron chi connectivity index (χ1n) is 8.57. The van der Waals surface area contributed by atoms with Gasteiger partial charge in [0.1, 0.15) is 0 Å². The van der Waals surface area contributed by atoms with Crippen molar-refractivity contribution in [2.45, 2.75) is 31.6 Å². The molecule has 1 heterocycles. The predicted molar refractivity (Wildman–Crippen MR) is 97.5 cm³/mol. The molecule has 0 saturated heterocycles. The number of methoxy groups -OCH3 is 1. The van der Waals surface area contributed by atoms with Gasteiger partial charge in [-0.05, 0) is 30.9 Å². The monoisotopic (exact) mass is 332 g/mol. The van der Waals surface area contributed by atoms with E-state index in [1.54, 1.807) is 14.2 Å². The molecule has 3 N–H and O–H groups in total. The minimum Gasteiger partial charge on any atom is -0.385 e. The number of unbranched alkanes of at least 4 members (excludes halogenated alkanes) is 2. The standard InChI is InChI=1S/C18H28N4O2/c1-19-18(20-10-6-3-7-11-24-2)21-13-14-12-17(23)22-16-9-5-4-8-15(14)16/h4-5,8-9,14H,3,6-7,10-13H2,1-2H3,(H,22,23)(H2,19,20,21). The first kappa shape index (κ1) is 18.3. The molecule has 1 aromatic carbocycles. The second-order valence-corrected chi connectivity index (χ2v) is 5.97. The summed E-state index contributed by atoms with van der Waals surface area (Å²) in [5, 5.41) is 9.58. The van der Waals surface area contributed by atoms with Crippen LogP contribution >= 0.6 is 0 Å². The zero-order chi connectivity index (χ0) is 17.2. The lowest BCUT2D eigenvalue weighted by Crippen LogP contribution is -2.41. The average Bonchev–Trinajstić information content (AvgIpc) is 2.60. The molecular weight excluding hydrogens is 304 g/mol. The number of para-hydroxylation sites is 1. The number of ether oxygens (including phenoxy) is 1. The Bertz CT molecular complexity index is 560. The third-order valence-corrected chi connectivity index (χ3v) is 4.16. The second kappa shape index (κ2) is 9.93. The van der Waals surface area contributed by atoms with Crippen LogP contribution in [0.25, 0.3) is 0 Å². The van der Waals surface area contributed by atoms with Crippen LogP contribution in [-0.4, -0.2) is 45.7 Å². The van der Waals surface area contributed by atoms with E-state index < -0.39 is 0 Å². The number of anilines is 1. The largest absolute Gasteiger partial charge is 0.385 e. The summed E-state index contributed by atoms with van der Waals surface area (Å²) in [5.74, 6) is 1.02. The Labute approximate surface area is 144 Å². The van der Waals surface area contributed by atoms with Gasteiger partial charge in [0, 0.05) is 51.9 Å². The first-order valence-corrected chi connectivity index (χ1v) is 8.57. The highest BCUT2D eigenvalue weighted by atomic mass is 16.5. The summed E-state index contributed by atoms with van der Waals surface area (Å²) in [6.07, 6.45) is 3.79. The molecule has 0 aromatic heterocycles. The number of carbonyl (C=O) groups excluding carboxylic acids is 1. The van der Waals surface area contributed by atoms with Crippen LogP contribution in [0.4, 0.5) is 5.69 Å². The molecule has 0 spiro atoms. The fraction of sp³-hybridized carbons (Fsp3) is 0.556. The lowest BCUT2D eigenvalue weighted by molar-refractivity contribution is -0.116. The minimum absolute atomic E-state index is 0.0709. The van der Waals surface area contributed by atoms with E-state index in [1.807, 2.05) is 18.2 Å². The quantitative estimate of drug-likeness (QED) is 0.387. The third kappa shape index (κ3) is 5.53. The number of hydrogen-bond acceptors (Lipinski definition) is 3. The third-order valence-electron chi connectivity index (χ3n) is 4.16. The number of benzene rings is 1. The van der Waals surface area contributed by atoms with Crippen LogP contribution in [0.5, 0.6) is 0 Å². The lowest BCUT2D eigenvalue weighted by atomic mass is 9.90. The Morgan fingerprint density at radius 3 is 2.92 bits per heavy atom. The number of nitrogens with zero attached hydrogens (tertiary/aromatic N) is 1. The summed E-state index contributed by atoms with van der Waals surface area (Å²) in [7, 11) is 3.50. The molecule has 6 heteroatoms. The highest BCUT2D eigenvalue weighted by Gasteiger charge is 2.24. The van der Waals surface area contributed by atoms with Crippen LogP contribution in [0.15, 0.2) is 29.3 Å². The van der Waals surface area contributed by atoms with E-state index in [1.165, 1.54) is 5.56 Å². The number of amides is 1. The highest BCUT2D eigenvalue weighted by Crippen LogP contribution is 2.31. The molecule has 6 nitrogen and oxygen atoms in total. The maximum Gasteiger partial charge on any atom is 0.225 e. The van der Waals surface area contributed by atoms with Crippen LogP contribution in [0, 0.1) is 0 Å². The van der Waals surface area contributed by atoms with E-state index in [9.17, 15) is 4.79 Å². The van der Waals surface area contributed by atoms with E-state index in [0.29, 0.717) is 13.0 Å². The van der Waals surface area contributed by atoms with Crippen molar-refractivity contribution >= 4 is 17.6 Å². The summed E-state index contributed by atoms with van der Waals surface area (Å²) in [6, 6.07) is 7.98. The smallest absolute Gasteiger partial charge is 0.225 e. The number of carbonyl (C=O) groups is 1. The molecule has 132 valence electrons. The van der Waals surface area contributed by atoms with Crippen LogP contribution in [0.3, 0.4) is 0 Å². The molecular formula is C18H28N4O2. The van der Waals surface area contributed by atoms with Crippen molar-refractivity contribution in [3.05, 3.63) is 29.8 Å². The van der Waals surface area contributed by atoms with Gasteiger partial charge in [-0.25, -0.2) is 0 Å². The molecule has 0 radical (unpaired) electrons. The molecule has 24 heavy (non-hydrogen) atoms. The van der Waals surface area contributed by atoms with Gasteiger partial charge in [-0.15, -0.1) is 0 Å². The van der Waals surface area contributed by atoms with Crippen molar-refractivity contribution in [3.8, 4) is 0 Å². The van der Waals surface area contributed by atoms with Crippen LogP contribution in [0.2, 0.25) is 0 Å². The topological polar surface area (TPSA) is 74.8 Å². The van der Waals surface area contributed by atoms with Gasteiger partial charge in [0.15, 0.2) is 5.96 Å². The molecule has 1 atom stereocenters. The zero-order valence-electron chi connectivity index (χ0n) is 14.6. The van der Waals surface area contributed by atoms with Gasteiger partial charge in [0.25, 0.3) is 0 Å². The normalized spacial score (nSPS) is 17.2. The maximum atomic E-state index is 11.9. The minimum atomic E-state index is 0.0709. The van der Waals surface area contributed by atoms with Crippen molar-refractivity contribution in [1.29, 1.82) is 0 Å². The Kier molecular flexibility index (Phi) is 7.55. The van der Waals surface area contributed by atoms with Gasteiger partial charge in [0.2, 0.25) is 5.91 Å². The number of aliphatic imine (C=N–C) groups is 1. The lowest BCUT2D eigenvalue weighted by Gasteiger charge is -2.26. The van der Waals surface area contributed by atoms with Crippen molar-refractivity contribution in [2.24, 2.45) is 4.99 Å². The maximum absolute atomic E-state index is 11.9. The van der Waals surface area contributed by atoms with Gasteiger partial charge in [0.05, 0.1) is 0 Å². The van der Waals surface area contributed by atoms with Crippen LogP contribution < -0.4 is 16.0 Å². The average molecular weight is 332 g/mol. The molecule has 1 aliphatic rings. The van der Waals surface area contributed by atoms with E-state index in [4.69, 9.17) is 4.74 Å². The van der Waals surface area contributed by atoms with Crippen molar-refractivity contribution < 1.29 is 9.53 Å². The van der Waals surface area contributed by atoms with Crippen LogP contribution in [-0.2, 0) is 9.53 Å². The van der Waals surface area contributed by atoms with E-state index in [0.717, 1.165) is 44.1 Å². The van der Waals surface area contributed by atoms with E-state index >= 15 is 0 Å². The molecule has 0 bridgehead atoms.